The summed E-state index contributed by atoms with van der Waals surface area (Å²) in [6.07, 6.45) is 0. The summed E-state index contributed by atoms with van der Waals surface area (Å²) in [6, 6.07) is 3.86. The molecule has 0 aliphatic rings. The van der Waals surface area contributed by atoms with Gasteiger partial charge < -0.3 is 9.84 Å². The van der Waals surface area contributed by atoms with Crippen molar-refractivity contribution in [3.63, 3.8) is 0 Å². The highest BCUT2D eigenvalue weighted by molar-refractivity contribution is 9.10. The van der Waals surface area contributed by atoms with Crippen molar-refractivity contribution in [1.82, 2.24) is 4.90 Å². The largest absolute Gasteiger partial charge is 0.507 e. The lowest BCUT2D eigenvalue weighted by molar-refractivity contribution is 0.158. The number of likely N-dealkylation sites (N-methyl/N-ethyl adjacent to an activating group) is 1. The first-order valence-electron chi connectivity index (χ1n) is 5.20. The van der Waals surface area contributed by atoms with Gasteiger partial charge in [-0.3, -0.25) is 4.90 Å². The first-order valence-corrected chi connectivity index (χ1v) is 5.99. The Morgan fingerprint density at radius 3 is 2.75 bits per heavy atom. The Labute approximate surface area is 105 Å². The van der Waals surface area contributed by atoms with E-state index in [1.165, 1.54) is 0 Å². The van der Waals surface area contributed by atoms with Crippen LogP contribution in [0.3, 0.4) is 0 Å². The van der Waals surface area contributed by atoms with E-state index in [0.29, 0.717) is 12.4 Å². The van der Waals surface area contributed by atoms with Crippen molar-refractivity contribution in [2.45, 2.75) is 13.5 Å². The van der Waals surface area contributed by atoms with Gasteiger partial charge in [-0.25, -0.2) is 0 Å². The highest BCUT2D eigenvalue weighted by Crippen LogP contribution is 2.27. The van der Waals surface area contributed by atoms with Gasteiger partial charge in [0.25, 0.3) is 0 Å². The zero-order chi connectivity index (χ0) is 12.1. The van der Waals surface area contributed by atoms with Gasteiger partial charge in [-0.15, -0.1) is 0 Å². The smallest absolute Gasteiger partial charge is 0.123 e. The van der Waals surface area contributed by atoms with E-state index in [2.05, 4.69) is 20.8 Å². The molecule has 4 heteroatoms. The van der Waals surface area contributed by atoms with Crippen molar-refractivity contribution in [1.29, 1.82) is 0 Å². The molecular formula is C12H18BrNO2. The van der Waals surface area contributed by atoms with Crippen molar-refractivity contribution in [2.24, 2.45) is 0 Å². The van der Waals surface area contributed by atoms with Crippen LogP contribution in [0, 0.1) is 6.92 Å². The third-order valence-corrected chi connectivity index (χ3v) is 2.92. The van der Waals surface area contributed by atoms with Gasteiger partial charge in [0.05, 0.1) is 6.61 Å². The van der Waals surface area contributed by atoms with Crippen molar-refractivity contribution in [3.8, 4) is 5.75 Å². The molecule has 1 aromatic rings. The van der Waals surface area contributed by atoms with Gasteiger partial charge in [0.2, 0.25) is 0 Å². The molecule has 0 aliphatic carbocycles. The fraction of sp³-hybridized carbons (Fsp3) is 0.500. The normalized spacial score (nSPS) is 11.1. The van der Waals surface area contributed by atoms with Gasteiger partial charge >= 0.3 is 0 Å². The summed E-state index contributed by atoms with van der Waals surface area (Å²) < 4.78 is 6.01. The lowest BCUT2D eigenvalue weighted by atomic mass is 10.1. The van der Waals surface area contributed by atoms with Crippen LogP contribution in [0.15, 0.2) is 16.6 Å². The van der Waals surface area contributed by atoms with E-state index in [1.807, 2.05) is 26.1 Å². The van der Waals surface area contributed by atoms with Gasteiger partial charge in [0.15, 0.2) is 0 Å². The minimum atomic E-state index is 0.382. The standard InChI is InChI=1S/C12H18BrNO2/c1-9-6-11(13)7-10(12(9)15)8-14(2)4-5-16-3/h6-7,15H,4-5,8H2,1-3H3. The maximum absolute atomic E-state index is 9.92. The van der Waals surface area contributed by atoms with E-state index in [0.717, 1.165) is 28.7 Å². The second-order valence-corrected chi connectivity index (χ2v) is 4.88. The predicted octanol–water partition coefficient (Wildman–Crippen LogP) is 2.54. The number of phenolic OH excluding ortho intramolecular Hbond substituents is 1. The van der Waals surface area contributed by atoms with Crippen LogP contribution in [-0.4, -0.2) is 37.3 Å². The quantitative estimate of drug-likeness (QED) is 0.903. The van der Waals surface area contributed by atoms with E-state index >= 15 is 0 Å². The Bertz CT molecular complexity index is 355. The van der Waals surface area contributed by atoms with Gasteiger partial charge in [-0.1, -0.05) is 15.9 Å². The number of aromatic hydroxyl groups is 1. The van der Waals surface area contributed by atoms with Crippen LogP contribution < -0.4 is 0 Å². The summed E-state index contributed by atoms with van der Waals surface area (Å²) in [4.78, 5) is 2.12. The van der Waals surface area contributed by atoms with Gasteiger partial charge in [0, 0.05) is 30.2 Å². The molecule has 1 aromatic carbocycles. The molecule has 0 aliphatic heterocycles. The fourth-order valence-corrected chi connectivity index (χ4v) is 2.16. The third-order valence-electron chi connectivity index (χ3n) is 2.46. The Kier molecular flexibility index (Phi) is 5.25. The van der Waals surface area contributed by atoms with Gasteiger partial charge in [0.1, 0.15) is 5.75 Å². The number of aryl methyl sites for hydroxylation is 1. The molecule has 3 nitrogen and oxygen atoms in total. The number of hydrogen-bond acceptors (Lipinski definition) is 3. The predicted molar refractivity (Wildman–Crippen MR) is 68.8 cm³/mol. The number of hydrogen-bond donors (Lipinski definition) is 1. The number of phenols is 1. The molecule has 0 radical (unpaired) electrons. The second-order valence-electron chi connectivity index (χ2n) is 3.96. The van der Waals surface area contributed by atoms with Crippen LogP contribution in [0.5, 0.6) is 5.75 Å². The monoisotopic (exact) mass is 287 g/mol. The second kappa shape index (κ2) is 6.23. The Balaban J connectivity index is 2.72. The van der Waals surface area contributed by atoms with Crippen LogP contribution in [0.2, 0.25) is 0 Å². The summed E-state index contributed by atoms with van der Waals surface area (Å²) >= 11 is 3.44. The maximum atomic E-state index is 9.92. The Morgan fingerprint density at radius 1 is 1.44 bits per heavy atom. The summed E-state index contributed by atoms with van der Waals surface area (Å²) in [6.45, 7) is 4.17. The number of nitrogens with zero attached hydrogens (tertiary/aromatic N) is 1. The topological polar surface area (TPSA) is 32.7 Å². The summed E-state index contributed by atoms with van der Waals surface area (Å²) in [7, 11) is 3.70. The van der Waals surface area contributed by atoms with Crippen LogP contribution in [0.1, 0.15) is 11.1 Å². The number of halogens is 1. The van der Waals surface area contributed by atoms with Gasteiger partial charge in [-0.2, -0.15) is 0 Å². The molecule has 90 valence electrons. The number of methoxy groups -OCH3 is 1. The maximum Gasteiger partial charge on any atom is 0.123 e. The number of ether oxygens (including phenoxy) is 1. The average Bonchev–Trinajstić information content (AvgIpc) is 2.22. The first-order chi connectivity index (χ1) is 7.54. The summed E-state index contributed by atoms with van der Waals surface area (Å²) in [5, 5.41) is 9.92. The van der Waals surface area contributed by atoms with E-state index in [-0.39, 0.29) is 0 Å². The molecule has 0 amide bonds. The van der Waals surface area contributed by atoms with Gasteiger partial charge in [-0.05, 0) is 31.7 Å². The van der Waals surface area contributed by atoms with Crippen LogP contribution in [-0.2, 0) is 11.3 Å². The average molecular weight is 288 g/mol. The molecule has 0 bridgehead atoms. The molecular weight excluding hydrogens is 270 g/mol. The minimum absolute atomic E-state index is 0.382. The van der Waals surface area contributed by atoms with Crippen molar-refractivity contribution in [2.75, 3.05) is 27.3 Å². The first kappa shape index (κ1) is 13.5. The molecule has 0 atom stereocenters. The molecule has 0 aromatic heterocycles. The van der Waals surface area contributed by atoms with Crippen LogP contribution in [0.4, 0.5) is 0 Å². The highest BCUT2D eigenvalue weighted by atomic mass is 79.9. The molecule has 16 heavy (non-hydrogen) atoms. The van der Waals surface area contributed by atoms with Crippen LogP contribution in [0.25, 0.3) is 0 Å². The Morgan fingerprint density at radius 2 is 2.12 bits per heavy atom. The number of rotatable bonds is 5. The molecule has 1 rings (SSSR count). The van der Waals surface area contributed by atoms with Crippen LogP contribution >= 0.6 is 15.9 Å². The third kappa shape index (κ3) is 3.77. The highest BCUT2D eigenvalue weighted by Gasteiger charge is 2.08. The molecule has 1 N–H and O–H groups in total. The molecule has 0 spiro atoms. The molecule has 0 heterocycles. The summed E-state index contributed by atoms with van der Waals surface area (Å²) in [5.41, 5.74) is 1.83. The zero-order valence-corrected chi connectivity index (χ0v) is 11.5. The number of benzene rings is 1. The molecule has 0 saturated heterocycles. The minimum Gasteiger partial charge on any atom is -0.507 e. The SMILES string of the molecule is COCCN(C)Cc1cc(Br)cc(C)c1O. The van der Waals surface area contributed by atoms with E-state index in [1.54, 1.807) is 7.11 Å². The Hall–Kier alpha value is -0.580. The van der Waals surface area contributed by atoms with Crippen molar-refractivity contribution in [3.05, 3.63) is 27.7 Å². The summed E-state index contributed by atoms with van der Waals surface area (Å²) in [5.74, 6) is 0.382. The molecule has 0 saturated carbocycles. The fourth-order valence-electron chi connectivity index (χ4n) is 1.54. The lowest BCUT2D eigenvalue weighted by Gasteiger charge is -2.17. The molecule has 0 fully saturated rings. The van der Waals surface area contributed by atoms with Crippen molar-refractivity contribution >= 4 is 15.9 Å². The zero-order valence-electron chi connectivity index (χ0n) is 9.96. The molecule has 0 unspecified atom stereocenters. The van der Waals surface area contributed by atoms with E-state index in [9.17, 15) is 5.11 Å². The van der Waals surface area contributed by atoms with E-state index in [4.69, 9.17) is 4.74 Å². The van der Waals surface area contributed by atoms with E-state index < -0.39 is 0 Å². The lowest BCUT2D eigenvalue weighted by Crippen LogP contribution is -2.22. The van der Waals surface area contributed by atoms with Crippen molar-refractivity contribution < 1.29 is 9.84 Å².